The lowest BCUT2D eigenvalue weighted by atomic mass is 10.2. The van der Waals surface area contributed by atoms with Gasteiger partial charge in [-0.15, -0.1) is 0 Å². The second kappa shape index (κ2) is 8.90. The first-order valence-corrected chi connectivity index (χ1v) is 9.09. The highest BCUT2D eigenvalue weighted by Gasteiger charge is 2.10. The molecule has 3 rings (SSSR count). The molecule has 0 amide bonds. The Morgan fingerprint density at radius 2 is 1.89 bits per heavy atom. The van der Waals surface area contributed by atoms with Crippen molar-refractivity contribution >= 4 is 17.5 Å². The fourth-order valence-electron chi connectivity index (χ4n) is 2.50. The van der Waals surface area contributed by atoms with Crippen LogP contribution < -0.4 is 10.6 Å². The Balaban J connectivity index is 1.82. The first-order valence-electron chi connectivity index (χ1n) is 9.09. The fraction of sp³-hybridized carbons (Fsp3) is 0.250. The van der Waals surface area contributed by atoms with Crippen LogP contribution in [0.3, 0.4) is 0 Å². The minimum Gasteiger partial charge on any atom is -0.366 e. The number of hydrogen-bond acceptors (Lipinski definition) is 7. The van der Waals surface area contributed by atoms with E-state index in [4.69, 9.17) is 0 Å². The lowest BCUT2D eigenvalue weighted by Crippen LogP contribution is -2.16. The minimum atomic E-state index is -0.409. The molecule has 1 aromatic carbocycles. The van der Waals surface area contributed by atoms with Crippen molar-refractivity contribution in [1.29, 1.82) is 0 Å². The van der Waals surface area contributed by atoms with Crippen molar-refractivity contribution < 1.29 is 4.92 Å². The van der Waals surface area contributed by atoms with E-state index in [1.54, 1.807) is 18.3 Å². The predicted molar refractivity (Wildman–Crippen MR) is 109 cm³/mol. The Morgan fingerprint density at radius 3 is 2.54 bits per heavy atom. The van der Waals surface area contributed by atoms with E-state index in [-0.39, 0.29) is 11.7 Å². The number of nitro groups is 1. The van der Waals surface area contributed by atoms with Crippen molar-refractivity contribution in [3.8, 4) is 11.4 Å². The topological polar surface area (TPSA) is 106 Å². The molecule has 2 aromatic heterocycles. The van der Waals surface area contributed by atoms with Gasteiger partial charge in [0.1, 0.15) is 5.82 Å². The molecule has 0 bridgehead atoms. The number of nitrogens with one attached hydrogen (secondary N) is 2. The van der Waals surface area contributed by atoms with Crippen LogP contribution in [0.4, 0.5) is 17.5 Å². The highest BCUT2D eigenvalue weighted by Crippen LogP contribution is 2.21. The van der Waals surface area contributed by atoms with E-state index in [0.717, 1.165) is 17.7 Å². The summed E-state index contributed by atoms with van der Waals surface area (Å²) in [6, 6.07) is 14.2. The number of pyridine rings is 1. The quantitative estimate of drug-likeness (QED) is 0.445. The van der Waals surface area contributed by atoms with E-state index in [1.165, 1.54) is 12.1 Å². The van der Waals surface area contributed by atoms with E-state index < -0.39 is 4.92 Å². The van der Waals surface area contributed by atoms with Crippen LogP contribution in [0.2, 0.25) is 0 Å². The van der Waals surface area contributed by atoms with Crippen molar-refractivity contribution in [2.24, 2.45) is 0 Å². The molecule has 8 nitrogen and oxygen atoms in total. The van der Waals surface area contributed by atoms with Gasteiger partial charge in [0.25, 0.3) is 5.69 Å². The zero-order chi connectivity index (χ0) is 19.9. The van der Waals surface area contributed by atoms with Crippen LogP contribution in [0, 0.1) is 10.1 Å². The Morgan fingerprint density at radius 1 is 1.11 bits per heavy atom. The molecule has 0 saturated heterocycles. The Kier molecular flexibility index (Phi) is 6.11. The molecule has 28 heavy (non-hydrogen) atoms. The third kappa shape index (κ3) is 5.00. The SMILES string of the molecule is CC[C@@H](C)Nc1nc(NCc2ccc([N+](=O)[O-])cc2)cc(-c2ccccn2)n1. The van der Waals surface area contributed by atoms with Gasteiger partial charge in [-0.1, -0.05) is 25.1 Å². The van der Waals surface area contributed by atoms with Gasteiger partial charge in [-0.05, 0) is 31.0 Å². The zero-order valence-corrected chi connectivity index (χ0v) is 15.8. The van der Waals surface area contributed by atoms with E-state index in [2.05, 4.69) is 39.4 Å². The van der Waals surface area contributed by atoms with Crippen LogP contribution in [0.5, 0.6) is 0 Å². The number of benzene rings is 1. The monoisotopic (exact) mass is 378 g/mol. The number of aromatic nitrogens is 3. The smallest absolute Gasteiger partial charge is 0.269 e. The van der Waals surface area contributed by atoms with E-state index in [1.807, 2.05) is 24.3 Å². The summed E-state index contributed by atoms with van der Waals surface area (Å²) in [4.78, 5) is 23.8. The minimum absolute atomic E-state index is 0.0725. The molecule has 144 valence electrons. The third-order valence-corrected chi connectivity index (χ3v) is 4.26. The van der Waals surface area contributed by atoms with Crippen LogP contribution >= 0.6 is 0 Å². The van der Waals surface area contributed by atoms with E-state index in [9.17, 15) is 10.1 Å². The first kappa shape index (κ1) is 19.2. The maximum absolute atomic E-state index is 10.8. The number of rotatable bonds is 8. The van der Waals surface area contributed by atoms with Gasteiger partial charge in [-0.2, -0.15) is 4.98 Å². The lowest BCUT2D eigenvalue weighted by Gasteiger charge is -2.14. The van der Waals surface area contributed by atoms with E-state index in [0.29, 0.717) is 24.0 Å². The van der Waals surface area contributed by atoms with Crippen LogP contribution in [0.15, 0.2) is 54.7 Å². The third-order valence-electron chi connectivity index (χ3n) is 4.26. The molecular weight excluding hydrogens is 356 g/mol. The molecule has 8 heteroatoms. The van der Waals surface area contributed by atoms with Crippen LogP contribution in [-0.4, -0.2) is 25.9 Å². The van der Waals surface area contributed by atoms with Gasteiger partial charge in [0.05, 0.1) is 16.3 Å². The van der Waals surface area contributed by atoms with Gasteiger partial charge >= 0.3 is 0 Å². The van der Waals surface area contributed by atoms with Crippen LogP contribution in [-0.2, 0) is 6.54 Å². The number of nitro benzene ring substituents is 1. The molecule has 2 heterocycles. The highest BCUT2D eigenvalue weighted by molar-refractivity contribution is 5.61. The maximum Gasteiger partial charge on any atom is 0.269 e. The summed E-state index contributed by atoms with van der Waals surface area (Å²) >= 11 is 0. The summed E-state index contributed by atoms with van der Waals surface area (Å²) in [7, 11) is 0. The second-order valence-corrected chi connectivity index (χ2v) is 6.41. The molecule has 0 aliphatic rings. The van der Waals surface area contributed by atoms with Crippen molar-refractivity contribution in [3.63, 3.8) is 0 Å². The first-order chi connectivity index (χ1) is 13.5. The van der Waals surface area contributed by atoms with Gasteiger partial charge in [0.2, 0.25) is 5.95 Å². The average Bonchev–Trinajstić information content (AvgIpc) is 2.73. The second-order valence-electron chi connectivity index (χ2n) is 6.41. The van der Waals surface area contributed by atoms with Crippen LogP contribution in [0.1, 0.15) is 25.8 Å². The summed E-state index contributed by atoms with van der Waals surface area (Å²) in [6.07, 6.45) is 2.67. The summed E-state index contributed by atoms with van der Waals surface area (Å²) in [5.74, 6) is 1.18. The summed E-state index contributed by atoms with van der Waals surface area (Å²) in [5.41, 5.74) is 2.46. The number of anilines is 2. The summed E-state index contributed by atoms with van der Waals surface area (Å²) in [6.45, 7) is 4.65. The lowest BCUT2D eigenvalue weighted by molar-refractivity contribution is -0.384. The number of nitrogens with zero attached hydrogens (tertiary/aromatic N) is 4. The molecule has 1 atom stereocenters. The Labute approximate surface area is 163 Å². The zero-order valence-electron chi connectivity index (χ0n) is 15.8. The summed E-state index contributed by atoms with van der Waals surface area (Å²) in [5, 5.41) is 17.3. The molecule has 0 fully saturated rings. The van der Waals surface area contributed by atoms with E-state index >= 15 is 0 Å². The molecule has 2 N–H and O–H groups in total. The average molecular weight is 378 g/mol. The largest absolute Gasteiger partial charge is 0.366 e. The van der Waals surface area contributed by atoms with Gasteiger partial charge in [-0.25, -0.2) is 4.98 Å². The molecule has 3 aromatic rings. The predicted octanol–water partition coefficient (Wildman–Crippen LogP) is 4.27. The van der Waals surface area contributed by atoms with Crippen molar-refractivity contribution in [2.45, 2.75) is 32.9 Å². The molecular formula is C20H22N6O2. The maximum atomic E-state index is 10.8. The van der Waals surface area contributed by atoms with Gasteiger partial charge in [0, 0.05) is 37.0 Å². The molecule has 0 unspecified atom stereocenters. The van der Waals surface area contributed by atoms with Crippen molar-refractivity contribution in [2.75, 3.05) is 10.6 Å². The molecule has 0 aliphatic carbocycles. The number of non-ortho nitro benzene ring substituents is 1. The van der Waals surface area contributed by atoms with Gasteiger partial charge in [0.15, 0.2) is 0 Å². The highest BCUT2D eigenvalue weighted by atomic mass is 16.6. The number of hydrogen-bond donors (Lipinski definition) is 2. The molecule has 0 spiro atoms. The molecule has 0 aliphatic heterocycles. The van der Waals surface area contributed by atoms with Crippen molar-refractivity contribution in [1.82, 2.24) is 15.0 Å². The van der Waals surface area contributed by atoms with Gasteiger partial charge < -0.3 is 10.6 Å². The Bertz CT molecular complexity index is 931. The normalized spacial score (nSPS) is 11.6. The van der Waals surface area contributed by atoms with Gasteiger partial charge in [-0.3, -0.25) is 15.1 Å². The standard InChI is InChI=1S/C20H22N6O2/c1-3-14(2)23-20-24-18(17-6-4-5-11-21-17)12-19(25-20)22-13-15-7-9-16(10-8-15)26(27)28/h4-12,14H,3,13H2,1-2H3,(H2,22,23,24,25)/t14-/m1/s1. The fourth-order valence-corrected chi connectivity index (χ4v) is 2.50. The molecule has 0 saturated carbocycles. The van der Waals surface area contributed by atoms with Crippen molar-refractivity contribution in [3.05, 3.63) is 70.4 Å². The Hall–Kier alpha value is -3.55. The molecule has 0 radical (unpaired) electrons. The van der Waals surface area contributed by atoms with Crippen LogP contribution in [0.25, 0.3) is 11.4 Å². The summed E-state index contributed by atoms with van der Waals surface area (Å²) < 4.78 is 0.